The fourth-order valence-corrected chi connectivity index (χ4v) is 5.57. The highest BCUT2D eigenvalue weighted by Gasteiger charge is 2.26. The number of nitrogens with one attached hydrogen (secondary N) is 1. The summed E-state index contributed by atoms with van der Waals surface area (Å²) in [6, 6.07) is 20.0. The zero-order chi connectivity index (χ0) is 23.9. The predicted octanol–water partition coefficient (Wildman–Crippen LogP) is 5.92. The van der Waals surface area contributed by atoms with Gasteiger partial charge in [-0.15, -0.1) is 21.5 Å². The van der Waals surface area contributed by atoms with Crippen molar-refractivity contribution < 1.29 is 9.53 Å². The van der Waals surface area contributed by atoms with Crippen molar-refractivity contribution in [2.75, 3.05) is 12.4 Å². The minimum Gasteiger partial charge on any atom is -0.497 e. The Bertz CT molecular complexity index is 1600. The molecule has 0 saturated carbocycles. The highest BCUT2D eigenvalue weighted by molar-refractivity contribution is 8.00. The normalized spacial score (nSPS) is 12.4. The van der Waals surface area contributed by atoms with Crippen molar-refractivity contribution in [1.29, 1.82) is 0 Å². The van der Waals surface area contributed by atoms with Gasteiger partial charge in [-0.1, -0.05) is 60.3 Å². The molecular weight excluding hydrogens is 478 g/mol. The summed E-state index contributed by atoms with van der Waals surface area (Å²) in [6.07, 6.45) is 0. The van der Waals surface area contributed by atoms with Gasteiger partial charge in [-0.3, -0.25) is 4.79 Å². The van der Waals surface area contributed by atoms with Crippen molar-refractivity contribution in [2.45, 2.75) is 17.3 Å². The number of hydrogen-bond acceptors (Lipinski definition) is 8. The number of ether oxygens (including phenoxy) is 1. The van der Waals surface area contributed by atoms with Crippen molar-refractivity contribution in [3.8, 4) is 39.5 Å². The van der Waals surface area contributed by atoms with Crippen molar-refractivity contribution in [1.82, 2.24) is 20.2 Å². The van der Waals surface area contributed by atoms with Crippen LogP contribution in [0.5, 0.6) is 5.75 Å². The second-order valence-electron chi connectivity index (χ2n) is 8.02. The molecule has 0 saturated heterocycles. The molecule has 2 heterocycles. The lowest BCUT2D eigenvalue weighted by atomic mass is 10.0. The van der Waals surface area contributed by atoms with E-state index < -0.39 is 5.25 Å². The standard InChI is InChI=1S/C26H19N5O2S2/c1-14(24(32)29-25-27-20(13-34-25)16-8-3-9-17(12-16)33-2)35-26-28-22-18-10-4-6-15-7-5-11-19(21(15)18)23(22)30-31-26/h3-14H,1-2H3,(H,27,29,32). The molecule has 0 bridgehead atoms. The van der Waals surface area contributed by atoms with Gasteiger partial charge >= 0.3 is 0 Å². The lowest BCUT2D eigenvalue weighted by molar-refractivity contribution is -0.115. The lowest BCUT2D eigenvalue weighted by Gasteiger charge is -2.10. The number of aromatic nitrogens is 4. The summed E-state index contributed by atoms with van der Waals surface area (Å²) in [5, 5.41) is 16.5. The number of nitrogens with zero attached hydrogens (tertiary/aromatic N) is 4. The second-order valence-corrected chi connectivity index (χ2v) is 10.2. The number of fused-ring (bicyclic) bond motifs is 3. The van der Waals surface area contributed by atoms with E-state index in [1.807, 2.05) is 54.8 Å². The van der Waals surface area contributed by atoms with Crippen LogP contribution in [0.4, 0.5) is 5.13 Å². The summed E-state index contributed by atoms with van der Waals surface area (Å²) >= 11 is 2.66. The Morgan fingerprint density at radius 2 is 1.77 bits per heavy atom. The van der Waals surface area contributed by atoms with E-state index in [2.05, 4.69) is 38.7 Å². The van der Waals surface area contributed by atoms with Crippen LogP contribution in [0.2, 0.25) is 0 Å². The number of anilines is 1. The highest BCUT2D eigenvalue weighted by Crippen LogP contribution is 2.45. The van der Waals surface area contributed by atoms with E-state index in [4.69, 9.17) is 9.72 Å². The van der Waals surface area contributed by atoms with E-state index in [1.54, 1.807) is 7.11 Å². The molecule has 6 rings (SSSR count). The van der Waals surface area contributed by atoms with Gasteiger partial charge in [0.25, 0.3) is 0 Å². The number of methoxy groups -OCH3 is 1. The number of rotatable bonds is 6. The van der Waals surface area contributed by atoms with Gasteiger partial charge in [0.1, 0.15) is 17.1 Å². The van der Waals surface area contributed by atoms with Crippen molar-refractivity contribution in [3.05, 3.63) is 66.0 Å². The van der Waals surface area contributed by atoms with Crippen LogP contribution in [-0.4, -0.2) is 38.4 Å². The van der Waals surface area contributed by atoms with E-state index in [-0.39, 0.29) is 5.91 Å². The maximum atomic E-state index is 12.9. The number of thioether (sulfide) groups is 1. The third-order valence-corrected chi connectivity index (χ3v) is 7.54. The van der Waals surface area contributed by atoms with E-state index >= 15 is 0 Å². The number of benzene rings is 3. The average molecular weight is 498 g/mol. The largest absolute Gasteiger partial charge is 0.497 e. The second kappa shape index (κ2) is 8.75. The molecule has 0 fully saturated rings. The minimum absolute atomic E-state index is 0.170. The van der Waals surface area contributed by atoms with Crippen molar-refractivity contribution in [2.24, 2.45) is 0 Å². The van der Waals surface area contributed by atoms with E-state index in [0.29, 0.717) is 10.3 Å². The van der Waals surface area contributed by atoms with E-state index in [9.17, 15) is 4.79 Å². The molecule has 0 spiro atoms. The van der Waals surface area contributed by atoms with Crippen LogP contribution in [0.25, 0.3) is 44.5 Å². The quantitative estimate of drug-likeness (QED) is 0.286. The molecule has 1 unspecified atom stereocenters. The first-order chi connectivity index (χ1) is 17.1. The lowest BCUT2D eigenvalue weighted by Crippen LogP contribution is -2.22. The van der Waals surface area contributed by atoms with Gasteiger partial charge in [0.2, 0.25) is 11.1 Å². The predicted molar refractivity (Wildman–Crippen MR) is 140 cm³/mol. The summed E-state index contributed by atoms with van der Waals surface area (Å²) in [6.45, 7) is 1.82. The summed E-state index contributed by atoms with van der Waals surface area (Å²) in [5.41, 5.74) is 5.40. The fourth-order valence-electron chi connectivity index (χ4n) is 4.13. The third kappa shape index (κ3) is 3.92. The molecule has 172 valence electrons. The fraction of sp³-hybridized carbons (Fsp3) is 0.115. The Morgan fingerprint density at radius 1 is 1.00 bits per heavy atom. The molecule has 5 aromatic rings. The zero-order valence-electron chi connectivity index (χ0n) is 18.9. The topological polar surface area (TPSA) is 89.9 Å². The minimum atomic E-state index is -0.432. The molecule has 35 heavy (non-hydrogen) atoms. The van der Waals surface area contributed by atoms with Crippen molar-refractivity contribution >= 4 is 44.9 Å². The van der Waals surface area contributed by atoms with Gasteiger partial charge in [0.15, 0.2) is 5.13 Å². The van der Waals surface area contributed by atoms with Gasteiger partial charge in [-0.05, 0) is 24.4 Å². The van der Waals surface area contributed by atoms with Crippen LogP contribution in [0.15, 0.2) is 71.2 Å². The van der Waals surface area contributed by atoms with Crippen LogP contribution in [0.1, 0.15) is 6.92 Å². The molecule has 1 aliphatic carbocycles. The summed E-state index contributed by atoms with van der Waals surface area (Å²) < 4.78 is 5.28. The first-order valence-corrected chi connectivity index (χ1v) is 12.7. The highest BCUT2D eigenvalue weighted by atomic mass is 32.2. The van der Waals surface area contributed by atoms with Crippen LogP contribution >= 0.6 is 23.1 Å². The molecule has 2 aromatic heterocycles. The summed E-state index contributed by atoms with van der Waals surface area (Å²) in [4.78, 5) is 22.2. The van der Waals surface area contributed by atoms with Gasteiger partial charge < -0.3 is 10.1 Å². The number of carbonyl (C=O) groups is 1. The molecule has 7 nitrogen and oxygen atoms in total. The maximum absolute atomic E-state index is 12.9. The van der Waals surface area contributed by atoms with E-state index in [1.165, 1.54) is 23.1 Å². The molecule has 1 aliphatic rings. The molecule has 9 heteroatoms. The average Bonchev–Trinajstić information content (AvgIpc) is 3.48. The number of thiazole rings is 1. The molecular formula is C26H19N5O2S2. The SMILES string of the molecule is COc1cccc(-c2csc(NC(=O)C(C)Sc3nnc4c(n3)-c3cccc5cccc-4c35)n2)c1. The Kier molecular flexibility index (Phi) is 5.43. The Balaban J connectivity index is 1.18. The van der Waals surface area contributed by atoms with Crippen molar-refractivity contribution in [3.63, 3.8) is 0 Å². The van der Waals surface area contributed by atoms with E-state index in [0.717, 1.165) is 50.3 Å². The molecule has 0 aliphatic heterocycles. The van der Waals surface area contributed by atoms with Crippen LogP contribution < -0.4 is 10.1 Å². The summed E-state index contributed by atoms with van der Waals surface area (Å²) in [5.74, 6) is 0.587. The smallest absolute Gasteiger partial charge is 0.239 e. The van der Waals surface area contributed by atoms with Gasteiger partial charge in [0.05, 0.1) is 18.1 Å². The molecule has 1 N–H and O–H groups in total. The number of hydrogen-bond donors (Lipinski definition) is 1. The number of amides is 1. The first-order valence-electron chi connectivity index (χ1n) is 11.0. The number of carbonyl (C=O) groups excluding carboxylic acids is 1. The Labute approximate surface area is 209 Å². The monoisotopic (exact) mass is 497 g/mol. The Morgan fingerprint density at radius 3 is 2.57 bits per heavy atom. The van der Waals surface area contributed by atoms with Gasteiger partial charge in [-0.2, -0.15) is 0 Å². The van der Waals surface area contributed by atoms with Crippen LogP contribution in [-0.2, 0) is 4.79 Å². The van der Waals surface area contributed by atoms with Crippen LogP contribution in [0.3, 0.4) is 0 Å². The molecule has 1 atom stereocenters. The maximum Gasteiger partial charge on any atom is 0.239 e. The van der Waals surface area contributed by atoms with Gasteiger partial charge in [0, 0.05) is 27.5 Å². The molecule has 1 amide bonds. The summed E-state index contributed by atoms with van der Waals surface area (Å²) in [7, 11) is 1.63. The van der Waals surface area contributed by atoms with Gasteiger partial charge in [-0.25, -0.2) is 9.97 Å². The third-order valence-electron chi connectivity index (χ3n) is 5.83. The van der Waals surface area contributed by atoms with Crippen LogP contribution in [0, 0.1) is 0 Å². The zero-order valence-corrected chi connectivity index (χ0v) is 20.5. The Hall–Kier alpha value is -3.82. The molecule has 3 aromatic carbocycles. The first kappa shape index (κ1) is 21.7. The molecule has 0 radical (unpaired) electrons.